The molecule has 17 heavy (non-hydrogen) atoms. The Labute approximate surface area is 112 Å². The van der Waals surface area contributed by atoms with Crippen molar-refractivity contribution in [1.82, 2.24) is 5.32 Å². The summed E-state index contributed by atoms with van der Waals surface area (Å²) in [7, 11) is 0. The zero-order chi connectivity index (χ0) is 12.5. The molecule has 2 nitrogen and oxygen atoms in total. The van der Waals surface area contributed by atoms with Crippen LogP contribution in [0.15, 0.2) is 12.1 Å². The van der Waals surface area contributed by atoms with E-state index in [4.69, 9.17) is 0 Å². The van der Waals surface area contributed by atoms with Gasteiger partial charge in [-0.1, -0.05) is 0 Å². The van der Waals surface area contributed by atoms with Crippen molar-refractivity contribution >= 4 is 29.9 Å². The first-order valence-electron chi connectivity index (χ1n) is 6.01. The molecular formula is C13H19NOS2. The SMILES string of the molecule is Cc1ccc(C(C)NC(=O)CC2(CS)CC2)s1. The van der Waals surface area contributed by atoms with Gasteiger partial charge in [-0.25, -0.2) is 0 Å². The molecule has 0 aliphatic heterocycles. The van der Waals surface area contributed by atoms with Crippen molar-refractivity contribution in [3.05, 3.63) is 21.9 Å². The Morgan fingerprint density at radius 2 is 2.29 bits per heavy atom. The summed E-state index contributed by atoms with van der Waals surface area (Å²) in [6.07, 6.45) is 2.93. The molecule has 0 saturated heterocycles. The maximum atomic E-state index is 11.9. The molecule has 1 fully saturated rings. The number of nitrogens with one attached hydrogen (secondary N) is 1. The molecule has 0 bridgehead atoms. The molecule has 0 spiro atoms. The van der Waals surface area contributed by atoms with E-state index < -0.39 is 0 Å². The third-order valence-corrected chi connectivity index (χ3v) is 5.25. The van der Waals surface area contributed by atoms with Gasteiger partial charge in [0.05, 0.1) is 6.04 Å². The van der Waals surface area contributed by atoms with E-state index in [0.29, 0.717) is 6.42 Å². The van der Waals surface area contributed by atoms with Crippen molar-refractivity contribution in [3.8, 4) is 0 Å². The average molecular weight is 269 g/mol. The van der Waals surface area contributed by atoms with E-state index in [1.807, 2.05) is 6.92 Å². The highest BCUT2D eigenvalue weighted by Gasteiger charge is 2.42. The van der Waals surface area contributed by atoms with Gasteiger partial charge in [0, 0.05) is 16.2 Å². The van der Waals surface area contributed by atoms with Gasteiger partial charge in [0.2, 0.25) is 5.91 Å². The quantitative estimate of drug-likeness (QED) is 0.789. The van der Waals surface area contributed by atoms with Crippen LogP contribution in [-0.4, -0.2) is 11.7 Å². The van der Waals surface area contributed by atoms with Gasteiger partial charge >= 0.3 is 0 Å². The fraction of sp³-hybridized carbons (Fsp3) is 0.615. The van der Waals surface area contributed by atoms with Crippen LogP contribution in [0.3, 0.4) is 0 Å². The second-order valence-corrected chi connectivity index (χ2v) is 6.71. The number of thiol groups is 1. The smallest absolute Gasteiger partial charge is 0.221 e. The van der Waals surface area contributed by atoms with Crippen LogP contribution in [0, 0.1) is 12.3 Å². The monoisotopic (exact) mass is 269 g/mol. The fourth-order valence-corrected chi connectivity index (χ4v) is 3.27. The second kappa shape index (κ2) is 5.02. The summed E-state index contributed by atoms with van der Waals surface area (Å²) in [4.78, 5) is 14.4. The Balaban J connectivity index is 1.86. The molecule has 1 atom stereocenters. The minimum atomic E-state index is 0.122. The average Bonchev–Trinajstić information content (AvgIpc) is 2.91. The Morgan fingerprint density at radius 1 is 1.59 bits per heavy atom. The van der Waals surface area contributed by atoms with Gasteiger partial charge in [0.25, 0.3) is 0 Å². The molecule has 1 unspecified atom stereocenters. The minimum absolute atomic E-state index is 0.122. The first-order valence-corrected chi connectivity index (χ1v) is 7.46. The molecule has 2 rings (SSSR count). The van der Waals surface area contributed by atoms with E-state index >= 15 is 0 Å². The molecule has 1 aliphatic carbocycles. The summed E-state index contributed by atoms with van der Waals surface area (Å²) in [6, 6.07) is 4.31. The number of amides is 1. The van der Waals surface area contributed by atoms with E-state index in [-0.39, 0.29) is 17.4 Å². The van der Waals surface area contributed by atoms with Gasteiger partial charge in [0.15, 0.2) is 0 Å². The van der Waals surface area contributed by atoms with Crippen LogP contribution in [0.4, 0.5) is 0 Å². The predicted octanol–water partition coefficient (Wildman–Crippen LogP) is 3.33. The molecule has 1 heterocycles. The number of thiophene rings is 1. The number of carbonyl (C=O) groups excluding carboxylic acids is 1. The molecule has 0 aromatic carbocycles. The van der Waals surface area contributed by atoms with Crippen molar-refractivity contribution in [2.75, 3.05) is 5.75 Å². The van der Waals surface area contributed by atoms with Crippen molar-refractivity contribution in [3.63, 3.8) is 0 Å². The van der Waals surface area contributed by atoms with Crippen LogP contribution >= 0.6 is 24.0 Å². The molecule has 94 valence electrons. The van der Waals surface area contributed by atoms with E-state index in [2.05, 4.69) is 37.0 Å². The zero-order valence-corrected chi connectivity index (χ0v) is 12.0. The lowest BCUT2D eigenvalue weighted by Gasteiger charge is -2.15. The van der Waals surface area contributed by atoms with E-state index in [0.717, 1.165) is 18.6 Å². The van der Waals surface area contributed by atoms with E-state index in [1.165, 1.54) is 9.75 Å². The largest absolute Gasteiger partial charge is 0.349 e. The van der Waals surface area contributed by atoms with Crippen LogP contribution in [-0.2, 0) is 4.79 Å². The fourth-order valence-electron chi connectivity index (χ4n) is 1.96. The molecule has 1 aromatic heterocycles. The summed E-state index contributed by atoms with van der Waals surface area (Å²) in [6.45, 7) is 4.13. The summed E-state index contributed by atoms with van der Waals surface area (Å²) < 4.78 is 0. The Hall–Kier alpha value is -0.480. The Bertz CT molecular complexity index is 409. The molecule has 1 aliphatic rings. The van der Waals surface area contributed by atoms with E-state index in [9.17, 15) is 4.79 Å². The third-order valence-electron chi connectivity index (χ3n) is 3.39. The van der Waals surface area contributed by atoms with Crippen molar-refractivity contribution in [2.45, 2.75) is 39.2 Å². The van der Waals surface area contributed by atoms with Crippen LogP contribution in [0.5, 0.6) is 0 Å². The number of carbonyl (C=O) groups is 1. The summed E-state index contributed by atoms with van der Waals surface area (Å²) in [5.74, 6) is 0.988. The van der Waals surface area contributed by atoms with Crippen LogP contribution in [0.1, 0.15) is 42.0 Å². The van der Waals surface area contributed by atoms with Crippen LogP contribution < -0.4 is 5.32 Å². The van der Waals surface area contributed by atoms with Gasteiger partial charge < -0.3 is 5.32 Å². The molecular weight excluding hydrogens is 250 g/mol. The van der Waals surface area contributed by atoms with Gasteiger partial charge in [-0.3, -0.25) is 4.79 Å². The molecule has 1 N–H and O–H groups in total. The Morgan fingerprint density at radius 3 is 2.76 bits per heavy atom. The lowest BCUT2D eigenvalue weighted by molar-refractivity contribution is -0.122. The van der Waals surface area contributed by atoms with Gasteiger partial charge in [0.1, 0.15) is 0 Å². The first kappa shape index (κ1) is 13.0. The zero-order valence-electron chi connectivity index (χ0n) is 10.3. The molecule has 1 saturated carbocycles. The summed E-state index contributed by atoms with van der Waals surface area (Å²) >= 11 is 6.07. The van der Waals surface area contributed by atoms with Crippen LogP contribution in [0.25, 0.3) is 0 Å². The maximum Gasteiger partial charge on any atom is 0.221 e. The number of hydrogen-bond donors (Lipinski definition) is 2. The lowest BCUT2D eigenvalue weighted by atomic mass is 10.0. The van der Waals surface area contributed by atoms with Crippen LogP contribution in [0.2, 0.25) is 0 Å². The molecule has 1 aromatic rings. The summed E-state index contributed by atoms with van der Waals surface area (Å²) in [5.41, 5.74) is 0.207. The van der Waals surface area contributed by atoms with Crippen molar-refractivity contribution in [2.24, 2.45) is 5.41 Å². The minimum Gasteiger partial charge on any atom is -0.349 e. The normalized spacial score (nSPS) is 18.8. The third kappa shape index (κ3) is 3.26. The van der Waals surface area contributed by atoms with Crippen molar-refractivity contribution in [1.29, 1.82) is 0 Å². The van der Waals surface area contributed by atoms with E-state index in [1.54, 1.807) is 11.3 Å². The predicted molar refractivity (Wildman–Crippen MR) is 75.8 cm³/mol. The van der Waals surface area contributed by atoms with Crippen molar-refractivity contribution < 1.29 is 4.79 Å². The second-order valence-electron chi connectivity index (χ2n) is 5.07. The summed E-state index contributed by atoms with van der Waals surface area (Å²) in [5, 5.41) is 3.08. The maximum absolute atomic E-state index is 11.9. The van der Waals surface area contributed by atoms with Gasteiger partial charge in [-0.05, 0) is 50.0 Å². The molecule has 0 radical (unpaired) electrons. The lowest BCUT2D eigenvalue weighted by Crippen LogP contribution is -2.28. The molecule has 4 heteroatoms. The van der Waals surface area contributed by atoms with Gasteiger partial charge in [-0.15, -0.1) is 11.3 Å². The standard InChI is InChI=1S/C13H19NOS2/c1-9-3-4-11(17-9)10(2)14-12(15)7-13(8-16)5-6-13/h3-4,10,16H,5-8H2,1-2H3,(H,14,15). The molecule has 1 amide bonds. The number of hydrogen-bond acceptors (Lipinski definition) is 3. The Kier molecular flexibility index (Phi) is 3.83. The highest BCUT2D eigenvalue weighted by molar-refractivity contribution is 7.80. The number of aryl methyl sites for hydroxylation is 1. The number of rotatable bonds is 5. The first-order chi connectivity index (χ1) is 8.04. The highest BCUT2D eigenvalue weighted by atomic mass is 32.1. The highest BCUT2D eigenvalue weighted by Crippen LogP contribution is 2.49. The topological polar surface area (TPSA) is 29.1 Å². The van der Waals surface area contributed by atoms with Gasteiger partial charge in [-0.2, -0.15) is 12.6 Å².